The first kappa shape index (κ1) is 24.9. The number of alkyl halides is 3. The molecule has 1 aromatic carbocycles. The molecule has 4 amide bonds. The number of hydrogen-bond acceptors (Lipinski definition) is 5. The van der Waals surface area contributed by atoms with Crippen molar-refractivity contribution in [1.29, 1.82) is 0 Å². The van der Waals surface area contributed by atoms with Crippen molar-refractivity contribution in [1.82, 2.24) is 20.5 Å². The largest absolute Gasteiger partial charge is 0.414 e. The van der Waals surface area contributed by atoms with Crippen LogP contribution in [0.5, 0.6) is 0 Å². The standard InChI is InChI=1S/C21H14Cl2F4N4O4/c22-8-5-12(23)16(28-6-8)17(21(25,26)27)30-18(33)10-2-1-9-11(15(10)24)7-31(20(9)35)13-3-4-14(32)29-19(13)34/h1-2,5-6,13,17H,3-4,7H2,(H,30,33)(H,29,32,34)/t13?,17-/m1/s1. The van der Waals surface area contributed by atoms with Crippen molar-refractivity contribution >= 4 is 46.8 Å². The fourth-order valence-corrected chi connectivity index (χ4v) is 4.42. The maximum Gasteiger partial charge on any atom is 0.414 e. The second kappa shape index (κ2) is 9.08. The minimum Gasteiger partial charge on any atom is -0.335 e. The van der Waals surface area contributed by atoms with E-state index in [4.69, 9.17) is 23.2 Å². The van der Waals surface area contributed by atoms with Crippen molar-refractivity contribution in [3.8, 4) is 0 Å². The van der Waals surface area contributed by atoms with Gasteiger partial charge in [0.05, 0.1) is 27.8 Å². The van der Waals surface area contributed by atoms with E-state index < -0.39 is 70.5 Å². The number of imide groups is 1. The Morgan fingerprint density at radius 3 is 2.57 bits per heavy atom. The van der Waals surface area contributed by atoms with Gasteiger partial charge in [-0.2, -0.15) is 13.2 Å². The number of carbonyl (C=O) groups is 4. The fourth-order valence-electron chi connectivity index (χ4n) is 3.93. The highest BCUT2D eigenvalue weighted by atomic mass is 35.5. The average molecular weight is 533 g/mol. The average Bonchev–Trinajstić information content (AvgIpc) is 3.09. The van der Waals surface area contributed by atoms with Gasteiger partial charge in [0.25, 0.3) is 11.8 Å². The van der Waals surface area contributed by atoms with Crippen molar-refractivity contribution in [2.75, 3.05) is 0 Å². The van der Waals surface area contributed by atoms with E-state index in [1.54, 1.807) is 5.32 Å². The molecule has 0 aliphatic carbocycles. The highest BCUT2D eigenvalue weighted by Crippen LogP contribution is 2.37. The number of fused-ring (bicyclic) bond motifs is 1. The molecule has 2 atom stereocenters. The van der Waals surface area contributed by atoms with E-state index in [1.807, 2.05) is 0 Å². The Labute approximate surface area is 204 Å². The lowest BCUT2D eigenvalue weighted by Crippen LogP contribution is -2.52. The molecule has 1 fully saturated rings. The molecule has 1 aromatic heterocycles. The van der Waals surface area contributed by atoms with Gasteiger partial charge in [-0.25, -0.2) is 4.39 Å². The molecule has 2 aliphatic rings. The Balaban J connectivity index is 1.61. The third-order valence-electron chi connectivity index (χ3n) is 5.61. The number of halogens is 6. The molecule has 0 bridgehead atoms. The highest BCUT2D eigenvalue weighted by Gasteiger charge is 2.45. The first-order valence-electron chi connectivity index (χ1n) is 10.0. The van der Waals surface area contributed by atoms with Crippen LogP contribution in [0.2, 0.25) is 10.0 Å². The van der Waals surface area contributed by atoms with Crippen LogP contribution in [0, 0.1) is 5.82 Å². The molecule has 3 heterocycles. The van der Waals surface area contributed by atoms with Gasteiger partial charge in [0.2, 0.25) is 11.8 Å². The van der Waals surface area contributed by atoms with Crippen molar-refractivity contribution in [3.05, 3.63) is 62.6 Å². The summed E-state index contributed by atoms with van der Waals surface area (Å²) in [7, 11) is 0. The highest BCUT2D eigenvalue weighted by molar-refractivity contribution is 6.34. The molecule has 35 heavy (non-hydrogen) atoms. The van der Waals surface area contributed by atoms with Gasteiger partial charge < -0.3 is 10.2 Å². The number of benzene rings is 1. The van der Waals surface area contributed by atoms with Crippen LogP contribution in [-0.2, 0) is 16.1 Å². The van der Waals surface area contributed by atoms with E-state index >= 15 is 4.39 Å². The third kappa shape index (κ3) is 4.67. The molecule has 1 saturated heterocycles. The van der Waals surface area contributed by atoms with Crippen LogP contribution < -0.4 is 10.6 Å². The first-order valence-corrected chi connectivity index (χ1v) is 10.8. The van der Waals surface area contributed by atoms with Crippen LogP contribution in [0.15, 0.2) is 24.4 Å². The van der Waals surface area contributed by atoms with Crippen LogP contribution >= 0.6 is 23.2 Å². The van der Waals surface area contributed by atoms with E-state index in [9.17, 15) is 32.3 Å². The minimum atomic E-state index is -5.04. The molecule has 0 saturated carbocycles. The van der Waals surface area contributed by atoms with E-state index in [2.05, 4.69) is 10.3 Å². The minimum absolute atomic E-state index is 0.0210. The van der Waals surface area contributed by atoms with Crippen LogP contribution in [0.1, 0.15) is 50.9 Å². The summed E-state index contributed by atoms with van der Waals surface area (Å²) in [5, 5.41) is 3.30. The van der Waals surface area contributed by atoms with Crippen molar-refractivity contribution < 1.29 is 36.7 Å². The number of piperidine rings is 1. The predicted octanol–water partition coefficient (Wildman–Crippen LogP) is 3.32. The van der Waals surface area contributed by atoms with Gasteiger partial charge in [-0.15, -0.1) is 0 Å². The van der Waals surface area contributed by atoms with Crippen LogP contribution in [0.4, 0.5) is 17.6 Å². The lowest BCUT2D eigenvalue weighted by atomic mass is 10.0. The third-order valence-corrected chi connectivity index (χ3v) is 6.12. The van der Waals surface area contributed by atoms with E-state index in [-0.39, 0.29) is 29.0 Å². The second-order valence-corrected chi connectivity index (χ2v) is 8.67. The Morgan fingerprint density at radius 1 is 1.23 bits per heavy atom. The molecule has 8 nitrogen and oxygen atoms in total. The van der Waals surface area contributed by atoms with Crippen LogP contribution in [0.25, 0.3) is 0 Å². The van der Waals surface area contributed by atoms with Crippen molar-refractivity contribution in [2.24, 2.45) is 0 Å². The van der Waals surface area contributed by atoms with Gasteiger partial charge in [0.15, 0.2) is 6.04 Å². The molecule has 2 aromatic rings. The van der Waals surface area contributed by atoms with Gasteiger partial charge in [-0.05, 0) is 24.6 Å². The molecule has 14 heteroatoms. The maximum atomic E-state index is 15.2. The summed E-state index contributed by atoms with van der Waals surface area (Å²) in [6, 6.07) is -0.718. The molecule has 2 N–H and O–H groups in total. The Hall–Kier alpha value is -3.25. The Kier molecular flexibility index (Phi) is 6.45. The normalized spacial score (nSPS) is 18.9. The number of nitrogens with one attached hydrogen (secondary N) is 2. The monoisotopic (exact) mass is 532 g/mol. The quantitative estimate of drug-likeness (QED) is 0.463. The number of amides is 4. The molecule has 0 spiro atoms. The fraction of sp³-hybridized carbons (Fsp3) is 0.286. The zero-order valence-corrected chi connectivity index (χ0v) is 18.9. The molecule has 4 rings (SSSR count). The summed E-state index contributed by atoms with van der Waals surface area (Å²) in [6.45, 7) is -0.402. The summed E-state index contributed by atoms with van der Waals surface area (Å²) < 4.78 is 56.3. The SMILES string of the molecule is O=C1CCC(N2Cc3c(ccc(C(=O)N[C@H](c4ncc(Cl)cc4Cl)C(F)(F)F)c3F)C2=O)C(=O)N1. The zero-order valence-electron chi connectivity index (χ0n) is 17.4. The Morgan fingerprint density at radius 2 is 1.94 bits per heavy atom. The van der Waals surface area contributed by atoms with Crippen LogP contribution in [-0.4, -0.2) is 45.7 Å². The molecule has 0 radical (unpaired) electrons. The maximum absolute atomic E-state index is 15.2. The summed E-state index contributed by atoms with van der Waals surface area (Å²) in [5.41, 5.74) is -1.88. The summed E-state index contributed by atoms with van der Waals surface area (Å²) in [5.74, 6) is -4.56. The molecular formula is C21H14Cl2F4N4O4. The molecular weight excluding hydrogens is 519 g/mol. The van der Waals surface area contributed by atoms with Gasteiger partial charge >= 0.3 is 6.18 Å². The topological polar surface area (TPSA) is 108 Å². The molecule has 2 aliphatic heterocycles. The van der Waals surface area contributed by atoms with E-state index in [0.29, 0.717) is 0 Å². The van der Waals surface area contributed by atoms with Gasteiger partial charge in [-0.3, -0.25) is 29.5 Å². The number of aromatic nitrogens is 1. The van der Waals surface area contributed by atoms with E-state index in [0.717, 1.165) is 29.3 Å². The lowest BCUT2D eigenvalue weighted by molar-refractivity contribution is -0.156. The first-order chi connectivity index (χ1) is 16.4. The number of carbonyl (C=O) groups excluding carboxylic acids is 4. The van der Waals surface area contributed by atoms with Gasteiger partial charge in [0, 0.05) is 23.7 Å². The number of rotatable bonds is 4. The number of nitrogens with zero attached hydrogens (tertiary/aromatic N) is 2. The lowest BCUT2D eigenvalue weighted by Gasteiger charge is -2.29. The zero-order chi connectivity index (χ0) is 25.7. The van der Waals surface area contributed by atoms with Gasteiger partial charge in [0.1, 0.15) is 11.9 Å². The van der Waals surface area contributed by atoms with Crippen LogP contribution in [0.3, 0.4) is 0 Å². The summed E-state index contributed by atoms with van der Waals surface area (Å²) >= 11 is 11.5. The van der Waals surface area contributed by atoms with Crippen molar-refractivity contribution in [3.63, 3.8) is 0 Å². The van der Waals surface area contributed by atoms with Gasteiger partial charge in [-0.1, -0.05) is 23.2 Å². The smallest absolute Gasteiger partial charge is 0.335 e. The van der Waals surface area contributed by atoms with Crippen molar-refractivity contribution in [2.45, 2.75) is 37.6 Å². The number of hydrogen-bond donors (Lipinski definition) is 2. The number of pyridine rings is 1. The predicted molar refractivity (Wildman–Crippen MR) is 113 cm³/mol. The Bertz CT molecular complexity index is 1270. The second-order valence-electron chi connectivity index (χ2n) is 7.82. The van der Waals surface area contributed by atoms with E-state index in [1.165, 1.54) is 0 Å². The summed E-state index contributed by atoms with van der Waals surface area (Å²) in [6.07, 6.45) is -4.11. The molecule has 1 unspecified atom stereocenters. The summed E-state index contributed by atoms with van der Waals surface area (Å²) in [4.78, 5) is 53.5. The molecule has 184 valence electrons.